The van der Waals surface area contributed by atoms with E-state index in [0.29, 0.717) is 0 Å². The van der Waals surface area contributed by atoms with E-state index in [9.17, 15) is 0 Å². The Kier molecular flexibility index (Phi) is 2.46. The maximum Gasteiger partial charge on any atom is 0.00569 e. The molecule has 0 fully saturated rings. The Hall–Kier alpha value is -0.340. The third kappa shape index (κ3) is 1.82. The molecule has 52 valence electrons. The third-order valence-corrected chi connectivity index (χ3v) is 1.68. The van der Waals surface area contributed by atoms with Crippen molar-refractivity contribution in [2.75, 3.05) is 0 Å². The summed E-state index contributed by atoms with van der Waals surface area (Å²) >= 11 is 8.36. The zero-order valence-electron chi connectivity index (χ0n) is 5.41. The summed E-state index contributed by atoms with van der Waals surface area (Å²) < 4.78 is 0. The van der Waals surface area contributed by atoms with Crippen LogP contribution >= 0.6 is 25.3 Å². The van der Waals surface area contributed by atoms with Crippen molar-refractivity contribution in [3.05, 3.63) is 30.3 Å². The topological polar surface area (TPSA) is 0 Å². The standard InChI is InChI=1S/C8H8S2/c1-2-6-3-7(9)5-8(10)4-6/h2-5,9-10H,1H2. The molecule has 2 heteroatoms. The number of rotatable bonds is 1. The molecule has 0 bridgehead atoms. The minimum atomic E-state index is 0.919. The zero-order valence-corrected chi connectivity index (χ0v) is 7.20. The van der Waals surface area contributed by atoms with Gasteiger partial charge in [-0.05, 0) is 23.8 Å². The van der Waals surface area contributed by atoms with Gasteiger partial charge in [-0.25, -0.2) is 0 Å². The first-order valence-electron chi connectivity index (χ1n) is 2.88. The molecule has 0 aromatic heterocycles. The Morgan fingerprint density at radius 3 is 2.00 bits per heavy atom. The van der Waals surface area contributed by atoms with Crippen LogP contribution in [0.25, 0.3) is 6.08 Å². The molecule has 0 aliphatic rings. The highest BCUT2D eigenvalue weighted by Crippen LogP contribution is 2.16. The van der Waals surface area contributed by atoms with E-state index in [4.69, 9.17) is 0 Å². The van der Waals surface area contributed by atoms with Gasteiger partial charge < -0.3 is 0 Å². The number of benzene rings is 1. The van der Waals surface area contributed by atoms with E-state index in [-0.39, 0.29) is 0 Å². The summed E-state index contributed by atoms with van der Waals surface area (Å²) in [6.45, 7) is 3.65. The molecule has 0 spiro atoms. The van der Waals surface area contributed by atoms with E-state index in [0.717, 1.165) is 15.4 Å². The summed E-state index contributed by atoms with van der Waals surface area (Å²) in [4.78, 5) is 1.84. The first-order chi connectivity index (χ1) is 4.72. The first-order valence-corrected chi connectivity index (χ1v) is 3.77. The van der Waals surface area contributed by atoms with Crippen LogP contribution in [0.5, 0.6) is 0 Å². The van der Waals surface area contributed by atoms with Crippen molar-refractivity contribution in [3.8, 4) is 0 Å². The average molecular weight is 168 g/mol. The summed E-state index contributed by atoms with van der Waals surface area (Å²) in [6.07, 6.45) is 1.78. The lowest BCUT2D eigenvalue weighted by Crippen LogP contribution is -1.73. The van der Waals surface area contributed by atoms with E-state index < -0.39 is 0 Å². The summed E-state index contributed by atoms with van der Waals surface area (Å²) in [5.41, 5.74) is 1.05. The van der Waals surface area contributed by atoms with Gasteiger partial charge in [-0.2, -0.15) is 0 Å². The van der Waals surface area contributed by atoms with Crippen LogP contribution < -0.4 is 0 Å². The molecular formula is C8H8S2. The maximum absolute atomic E-state index is 4.18. The molecule has 0 aliphatic carbocycles. The second-order valence-corrected chi connectivity index (χ2v) is 3.02. The molecule has 0 heterocycles. The molecule has 0 saturated carbocycles. The fraction of sp³-hybridized carbons (Fsp3) is 0. The number of thiol groups is 2. The maximum atomic E-state index is 4.18. The minimum absolute atomic E-state index is 0.919. The zero-order chi connectivity index (χ0) is 7.56. The molecule has 1 aromatic carbocycles. The van der Waals surface area contributed by atoms with Crippen LogP contribution in [0.15, 0.2) is 34.6 Å². The smallest absolute Gasteiger partial charge is 0.00569 e. The fourth-order valence-electron chi connectivity index (χ4n) is 0.736. The molecule has 0 aliphatic heterocycles. The van der Waals surface area contributed by atoms with Gasteiger partial charge in [0.1, 0.15) is 0 Å². The van der Waals surface area contributed by atoms with Gasteiger partial charge in [-0.15, -0.1) is 25.3 Å². The van der Waals surface area contributed by atoms with Gasteiger partial charge in [0.25, 0.3) is 0 Å². The largest absolute Gasteiger partial charge is 0.143 e. The second-order valence-electron chi connectivity index (χ2n) is 1.99. The Labute approximate surface area is 71.8 Å². The monoisotopic (exact) mass is 168 g/mol. The van der Waals surface area contributed by atoms with Gasteiger partial charge in [0.05, 0.1) is 0 Å². The van der Waals surface area contributed by atoms with Gasteiger partial charge in [0, 0.05) is 9.79 Å². The van der Waals surface area contributed by atoms with Crippen molar-refractivity contribution in [3.63, 3.8) is 0 Å². The van der Waals surface area contributed by atoms with Gasteiger partial charge in [-0.3, -0.25) is 0 Å². The van der Waals surface area contributed by atoms with Crippen LogP contribution in [0.2, 0.25) is 0 Å². The van der Waals surface area contributed by atoms with E-state index in [2.05, 4.69) is 31.8 Å². The van der Waals surface area contributed by atoms with Crippen LogP contribution in [-0.2, 0) is 0 Å². The van der Waals surface area contributed by atoms with Gasteiger partial charge in [0.15, 0.2) is 0 Å². The third-order valence-electron chi connectivity index (χ3n) is 1.16. The van der Waals surface area contributed by atoms with Crippen molar-refractivity contribution in [2.24, 2.45) is 0 Å². The fourth-order valence-corrected chi connectivity index (χ4v) is 1.41. The Bertz CT molecular complexity index is 233. The van der Waals surface area contributed by atoms with Crippen LogP contribution in [-0.4, -0.2) is 0 Å². The van der Waals surface area contributed by atoms with Crippen molar-refractivity contribution >= 4 is 31.3 Å². The molecule has 0 atom stereocenters. The predicted octanol–water partition coefficient (Wildman–Crippen LogP) is 2.91. The van der Waals surface area contributed by atoms with Crippen LogP contribution in [0.4, 0.5) is 0 Å². The SMILES string of the molecule is C=Cc1cc(S)cc(S)c1. The highest BCUT2D eigenvalue weighted by atomic mass is 32.1. The molecule has 1 aromatic rings. The van der Waals surface area contributed by atoms with E-state index in [1.165, 1.54) is 0 Å². The van der Waals surface area contributed by atoms with Gasteiger partial charge >= 0.3 is 0 Å². The molecule has 0 saturated heterocycles. The molecule has 0 radical (unpaired) electrons. The summed E-state index contributed by atoms with van der Waals surface area (Å²) in [7, 11) is 0. The predicted molar refractivity (Wildman–Crippen MR) is 51.0 cm³/mol. The number of hydrogen-bond donors (Lipinski definition) is 2. The molecule has 1 rings (SSSR count). The van der Waals surface area contributed by atoms with E-state index >= 15 is 0 Å². The Morgan fingerprint density at radius 2 is 1.60 bits per heavy atom. The molecule has 0 unspecified atom stereocenters. The minimum Gasteiger partial charge on any atom is -0.143 e. The van der Waals surface area contributed by atoms with Gasteiger partial charge in [0.2, 0.25) is 0 Å². The second kappa shape index (κ2) is 3.17. The normalized spacial score (nSPS) is 9.40. The van der Waals surface area contributed by atoms with Crippen molar-refractivity contribution in [2.45, 2.75) is 9.79 Å². The Morgan fingerprint density at radius 1 is 1.10 bits per heavy atom. The van der Waals surface area contributed by atoms with Crippen molar-refractivity contribution in [1.29, 1.82) is 0 Å². The molecule has 0 amide bonds. The lowest BCUT2D eigenvalue weighted by atomic mass is 10.2. The number of hydrogen-bond acceptors (Lipinski definition) is 2. The van der Waals surface area contributed by atoms with Crippen LogP contribution in [0.1, 0.15) is 5.56 Å². The highest BCUT2D eigenvalue weighted by molar-refractivity contribution is 7.81. The van der Waals surface area contributed by atoms with E-state index in [1.807, 2.05) is 18.2 Å². The van der Waals surface area contributed by atoms with Crippen molar-refractivity contribution < 1.29 is 0 Å². The molecule has 10 heavy (non-hydrogen) atoms. The Balaban J connectivity index is 3.18. The molecule has 0 N–H and O–H groups in total. The average Bonchev–Trinajstić information content (AvgIpc) is 1.85. The summed E-state index contributed by atoms with van der Waals surface area (Å²) in [6, 6.07) is 5.77. The van der Waals surface area contributed by atoms with Crippen molar-refractivity contribution in [1.82, 2.24) is 0 Å². The highest BCUT2D eigenvalue weighted by Gasteiger charge is 1.90. The quantitative estimate of drug-likeness (QED) is 0.592. The summed E-state index contributed by atoms with van der Waals surface area (Å²) in [5, 5.41) is 0. The molecule has 0 nitrogen and oxygen atoms in total. The lowest BCUT2D eigenvalue weighted by Gasteiger charge is -1.96. The first kappa shape index (κ1) is 7.76. The van der Waals surface area contributed by atoms with Crippen LogP contribution in [0, 0.1) is 0 Å². The van der Waals surface area contributed by atoms with E-state index in [1.54, 1.807) is 6.08 Å². The van der Waals surface area contributed by atoms with Gasteiger partial charge in [-0.1, -0.05) is 12.7 Å². The van der Waals surface area contributed by atoms with Crippen LogP contribution in [0.3, 0.4) is 0 Å². The molecular weight excluding hydrogens is 160 g/mol. The lowest BCUT2D eigenvalue weighted by molar-refractivity contribution is 1.33. The summed E-state index contributed by atoms with van der Waals surface area (Å²) in [5.74, 6) is 0.